The summed E-state index contributed by atoms with van der Waals surface area (Å²) in [7, 11) is 0. The number of fused-ring (bicyclic) bond motifs is 1. The van der Waals surface area contributed by atoms with Gasteiger partial charge in [0.15, 0.2) is 0 Å². The molecule has 0 fully saturated rings. The number of anilines is 1. The Hall–Kier alpha value is -2.09. The van der Waals surface area contributed by atoms with Gasteiger partial charge < -0.3 is 5.32 Å². The van der Waals surface area contributed by atoms with E-state index in [0.29, 0.717) is 21.8 Å². The first-order valence-corrected chi connectivity index (χ1v) is 9.59. The lowest BCUT2D eigenvalue weighted by Gasteiger charge is -2.18. The summed E-state index contributed by atoms with van der Waals surface area (Å²) in [6, 6.07) is 7.11. The molecule has 0 aliphatic carbocycles. The van der Waals surface area contributed by atoms with Crippen LogP contribution >= 0.6 is 35.0 Å². The van der Waals surface area contributed by atoms with Gasteiger partial charge in [0, 0.05) is 33.6 Å². The van der Waals surface area contributed by atoms with Gasteiger partial charge in [0.1, 0.15) is 5.82 Å². The molecular weight excluding hydrogens is 393 g/mol. The Morgan fingerprint density at radius 1 is 1.15 bits per heavy atom. The second-order valence-corrected chi connectivity index (χ2v) is 7.59. The number of carbonyl (C=O) groups is 1. The summed E-state index contributed by atoms with van der Waals surface area (Å²) in [4.78, 5) is 20.8. The van der Waals surface area contributed by atoms with Gasteiger partial charge in [-0.3, -0.25) is 4.79 Å². The maximum absolute atomic E-state index is 12.3. The van der Waals surface area contributed by atoms with Gasteiger partial charge in [0.05, 0.1) is 16.7 Å². The average Bonchev–Trinajstić information content (AvgIpc) is 2.83. The Labute approximate surface area is 163 Å². The maximum atomic E-state index is 12.3. The zero-order valence-electron chi connectivity index (χ0n) is 13.6. The summed E-state index contributed by atoms with van der Waals surface area (Å²) >= 11 is 14.3. The second-order valence-electron chi connectivity index (χ2n) is 5.68. The number of benzene rings is 1. The number of thioether (sulfide) groups is 1. The Bertz CT molecular complexity index is 972. The van der Waals surface area contributed by atoms with Crippen LogP contribution in [0.2, 0.25) is 10.0 Å². The highest BCUT2D eigenvalue weighted by molar-refractivity contribution is 8.00. The van der Waals surface area contributed by atoms with Crippen LogP contribution in [-0.2, 0) is 4.79 Å². The number of hydrogen-bond acceptors (Lipinski definition) is 5. The monoisotopic (exact) mass is 405 g/mol. The van der Waals surface area contributed by atoms with Gasteiger partial charge in [-0.1, -0.05) is 29.3 Å². The van der Waals surface area contributed by atoms with Crippen molar-refractivity contribution in [1.82, 2.24) is 19.7 Å². The standard InChI is InChI=1S/C17H13Cl2N5OS/c1-9-13-15(14-10(18)4-2-5-11(14)19)26-8-12(25)22-16(13)24(23-9)17-20-6-3-7-21-17/h2-7,15H,8H2,1H3,(H,22,25)/t15-/m0/s1. The van der Waals surface area contributed by atoms with Crippen LogP contribution in [0, 0.1) is 6.92 Å². The third-order valence-corrected chi connectivity index (χ3v) is 5.90. The Balaban J connectivity index is 1.95. The quantitative estimate of drug-likeness (QED) is 0.695. The number of aromatic nitrogens is 4. The fourth-order valence-electron chi connectivity index (χ4n) is 2.92. The Kier molecular flexibility index (Phi) is 4.60. The predicted octanol–water partition coefficient (Wildman–Crippen LogP) is 4.05. The van der Waals surface area contributed by atoms with Crippen molar-refractivity contribution in [3.05, 3.63) is 63.5 Å². The summed E-state index contributed by atoms with van der Waals surface area (Å²) in [5.41, 5.74) is 2.38. The van der Waals surface area contributed by atoms with Crippen molar-refractivity contribution in [1.29, 1.82) is 0 Å². The number of amides is 1. The minimum atomic E-state index is -0.234. The molecule has 0 radical (unpaired) electrons. The molecule has 26 heavy (non-hydrogen) atoms. The van der Waals surface area contributed by atoms with E-state index in [2.05, 4.69) is 20.4 Å². The van der Waals surface area contributed by atoms with Crippen LogP contribution in [-0.4, -0.2) is 31.4 Å². The van der Waals surface area contributed by atoms with Gasteiger partial charge in [-0.15, -0.1) is 11.8 Å². The summed E-state index contributed by atoms with van der Waals surface area (Å²) in [5, 5.41) is 8.35. The zero-order chi connectivity index (χ0) is 18.3. The van der Waals surface area contributed by atoms with Gasteiger partial charge in [-0.05, 0) is 25.1 Å². The van der Waals surface area contributed by atoms with E-state index >= 15 is 0 Å². The summed E-state index contributed by atoms with van der Waals surface area (Å²) in [6.07, 6.45) is 3.25. The number of hydrogen-bond donors (Lipinski definition) is 1. The first kappa shape index (κ1) is 17.3. The van der Waals surface area contributed by atoms with Crippen molar-refractivity contribution >= 4 is 46.7 Å². The van der Waals surface area contributed by atoms with Crippen molar-refractivity contribution in [2.24, 2.45) is 0 Å². The molecule has 1 atom stereocenters. The van der Waals surface area contributed by atoms with Crippen molar-refractivity contribution in [2.75, 3.05) is 11.1 Å². The smallest absolute Gasteiger partial charge is 0.252 e. The molecule has 0 saturated carbocycles. The third kappa shape index (κ3) is 2.96. The molecule has 9 heteroatoms. The van der Waals surface area contributed by atoms with Crippen LogP contribution in [0.4, 0.5) is 5.82 Å². The fourth-order valence-corrected chi connectivity index (χ4v) is 4.92. The van der Waals surface area contributed by atoms with E-state index in [0.717, 1.165) is 16.8 Å². The molecule has 1 aliphatic rings. The lowest BCUT2D eigenvalue weighted by atomic mass is 10.0. The summed E-state index contributed by atoms with van der Waals surface area (Å²) in [6.45, 7) is 1.88. The summed E-state index contributed by atoms with van der Waals surface area (Å²) < 4.78 is 1.55. The Morgan fingerprint density at radius 2 is 1.85 bits per heavy atom. The topological polar surface area (TPSA) is 72.7 Å². The lowest BCUT2D eigenvalue weighted by molar-refractivity contribution is -0.113. The molecule has 2 aromatic heterocycles. The normalized spacial score (nSPS) is 16.7. The van der Waals surface area contributed by atoms with Crippen molar-refractivity contribution < 1.29 is 4.79 Å². The first-order valence-electron chi connectivity index (χ1n) is 7.78. The number of rotatable bonds is 2. The molecule has 0 saturated heterocycles. The highest BCUT2D eigenvalue weighted by Gasteiger charge is 2.33. The van der Waals surface area contributed by atoms with Crippen LogP contribution in [0.1, 0.15) is 22.1 Å². The molecule has 1 aromatic carbocycles. The van der Waals surface area contributed by atoms with E-state index in [1.54, 1.807) is 41.3 Å². The largest absolute Gasteiger partial charge is 0.309 e. The van der Waals surface area contributed by atoms with E-state index in [4.69, 9.17) is 23.2 Å². The first-order chi connectivity index (χ1) is 12.6. The SMILES string of the molecule is Cc1nn(-c2ncccn2)c2c1[C@@H](c1c(Cl)cccc1Cl)SCC(=O)N2. The number of nitrogens with one attached hydrogen (secondary N) is 1. The predicted molar refractivity (Wildman–Crippen MR) is 103 cm³/mol. The molecule has 1 N–H and O–H groups in total. The minimum absolute atomic E-state index is 0.126. The molecule has 1 amide bonds. The van der Waals surface area contributed by atoms with Crippen molar-refractivity contribution in [2.45, 2.75) is 12.2 Å². The van der Waals surface area contributed by atoms with E-state index < -0.39 is 0 Å². The second kappa shape index (κ2) is 6.90. The zero-order valence-corrected chi connectivity index (χ0v) is 15.9. The number of aryl methyl sites for hydroxylation is 1. The number of halogens is 2. The number of nitrogens with zero attached hydrogens (tertiary/aromatic N) is 4. The van der Waals surface area contributed by atoms with Crippen LogP contribution in [0.3, 0.4) is 0 Å². The molecule has 0 bridgehead atoms. The maximum Gasteiger partial charge on any atom is 0.252 e. The summed E-state index contributed by atoms with van der Waals surface area (Å²) in [5.74, 6) is 1.08. The molecule has 0 unspecified atom stereocenters. The van der Waals surface area contributed by atoms with Gasteiger partial charge in [-0.25, -0.2) is 9.97 Å². The molecule has 3 aromatic rings. The Morgan fingerprint density at radius 3 is 2.54 bits per heavy atom. The molecule has 1 aliphatic heterocycles. The van der Waals surface area contributed by atoms with E-state index in [1.807, 2.05) is 6.92 Å². The van der Waals surface area contributed by atoms with E-state index in [1.165, 1.54) is 11.8 Å². The average molecular weight is 406 g/mol. The molecule has 3 heterocycles. The molecule has 132 valence electrons. The lowest BCUT2D eigenvalue weighted by Crippen LogP contribution is -2.16. The van der Waals surface area contributed by atoms with Crippen LogP contribution in [0.25, 0.3) is 5.95 Å². The highest BCUT2D eigenvalue weighted by Crippen LogP contribution is 2.47. The van der Waals surface area contributed by atoms with Gasteiger partial charge >= 0.3 is 0 Å². The van der Waals surface area contributed by atoms with Crippen molar-refractivity contribution in [3.8, 4) is 5.95 Å². The van der Waals surface area contributed by atoms with E-state index in [9.17, 15) is 4.79 Å². The number of carbonyl (C=O) groups excluding carboxylic acids is 1. The van der Waals surface area contributed by atoms with Gasteiger partial charge in [-0.2, -0.15) is 9.78 Å². The van der Waals surface area contributed by atoms with Crippen LogP contribution in [0.15, 0.2) is 36.7 Å². The van der Waals surface area contributed by atoms with Crippen LogP contribution < -0.4 is 5.32 Å². The molecule has 0 spiro atoms. The highest BCUT2D eigenvalue weighted by atomic mass is 35.5. The van der Waals surface area contributed by atoms with Gasteiger partial charge in [0.2, 0.25) is 5.91 Å². The fraction of sp³-hybridized carbons (Fsp3) is 0.176. The van der Waals surface area contributed by atoms with Gasteiger partial charge in [0.25, 0.3) is 5.95 Å². The molecule has 6 nitrogen and oxygen atoms in total. The van der Waals surface area contributed by atoms with Crippen molar-refractivity contribution in [3.63, 3.8) is 0 Å². The van der Waals surface area contributed by atoms with Crippen LogP contribution in [0.5, 0.6) is 0 Å². The van der Waals surface area contributed by atoms with E-state index in [-0.39, 0.29) is 16.9 Å². The minimum Gasteiger partial charge on any atom is -0.309 e. The molecule has 4 rings (SSSR count). The third-order valence-electron chi connectivity index (χ3n) is 4.01. The molecular formula is C17H13Cl2N5OS.